The zero-order valence-electron chi connectivity index (χ0n) is 13.8. The molecule has 0 aromatic heterocycles. The van der Waals surface area contributed by atoms with E-state index in [1.807, 2.05) is 25.2 Å². The van der Waals surface area contributed by atoms with Gasteiger partial charge in [0.05, 0.1) is 18.8 Å². The average Bonchev–Trinajstić information content (AvgIpc) is 2.52. The third-order valence-electron chi connectivity index (χ3n) is 4.12. The molecular formula is C17H27N3O2. The van der Waals surface area contributed by atoms with Gasteiger partial charge in [0.2, 0.25) is 5.91 Å². The van der Waals surface area contributed by atoms with E-state index in [4.69, 9.17) is 10.5 Å². The Morgan fingerprint density at radius 1 is 1.45 bits per heavy atom. The number of benzene rings is 1. The van der Waals surface area contributed by atoms with E-state index in [2.05, 4.69) is 18.7 Å². The Bertz CT molecular complexity index is 519. The highest BCUT2D eigenvalue weighted by atomic mass is 16.5. The summed E-state index contributed by atoms with van der Waals surface area (Å²) in [6, 6.07) is 5.66. The monoisotopic (exact) mass is 305 g/mol. The van der Waals surface area contributed by atoms with Crippen molar-refractivity contribution in [1.82, 2.24) is 4.90 Å². The molecule has 1 amide bonds. The molecule has 22 heavy (non-hydrogen) atoms. The van der Waals surface area contributed by atoms with E-state index in [1.165, 1.54) is 0 Å². The highest BCUT2D eigenvalue weighted by Gasteiger charge is 2.28. The zero-order chi connectivity index (χ0) is 16.1. The molecule has 1 unspecified atom stereocenters. The fourth-order valence-electron chi connectivity index (χ4n) is 2.69. The summed E-state index contributed by atoms with van der Waals surface area (Å²) in [5, 5.41) is 0. The number of fused-ring (bicyclic) bond motifs is 1. The van der Waals surface area contributed by atoms with Crippen molar-refractivity contribution in [1.29, 1.82) is 0 Å². The standard InChI is InChI=1S/C17H27N3O2/c1-4-6-10-19(3)16(21)12-20-11-13(5-2)22-15-9-7-8-14(18)17(15)20/h7-9,13H,4-6,10-12,18H2,1-3H3. The summed E-state index contributed by atoms with van der Waals surface area (Å²) < 4.78 is 5.95. The molecule has 5 heteroatoms. The second-order valence-electron chi connectivity index (χ2n) is 5.89. The minimum absolute atomic E-state index is 0.100. The molecule has 0 aliphatic carbocycles. The van der Waals surface area contributed by atoms with Crippen LogP contribution in [0.25, 0.3) is 0 Å². The number of unbranched alkanes of at least 4 members (excludes halogenated alkanes) is 1. The van der Waals surface area contributed by atoms with Crippen LogP contribution in [0.1, 0.15) is 33.1 Å². The maximum Gasteiger partial charge on any atom is 0.241 e. The summed E-state index contributed by atoms with van der Waals surface area (Å²) >= 11 is 0. The highest BCUT2D eigenvalue weighted by molar-refractivity contribution is 5.85. The highest BCUT2D eigenvalue weighted by Crippen LogP contribution is 2.38. The van der Waals surface area contributed by atoms with Crippen LogP contribution in [-0.2, 0) is 4.79 Å². The molecular weight excluding hydrogens is 278 g/mol. The van der Waals surface area contributed by atoms with E-state index >= 15 is 0 Å². The molecule has 0 radical (unpaired) electrons. The number of nitrogens with zero attached hydrogens (tertiary/aromatic N) is 2. The van der Waals surface area contributed by atoms with Crippen molar-refractivity contribution in [2.24, 2.45) is 0 Å². The van der Waals surface area contributed by atoms with Crippen molar-refractivity contribution in [3.8, 4) is 5.75 Å². The first-order valence-corrected chi connectivity index (χ1v) is 8.10. The fourth-order valence-corrected chi connectivity index (χ4v) is 2.69. The van der Waals surface area contributed by atoms with E-state index < -0.39 is 0 Å². The molecule has 0 bridgehead atoms. The normalized spacial score (nSPS) is 16.9. The molecule has 1 aliphatic heterocycles. The molecule has 2 N–H and O–H groups in total. The van der Waals surface area contributed by atoms with Crippen LogP contribution in [0.15, 0.2) is 18.2 Å². The first kappa shape index (κ1) is 16.5. The van der Waals surface area contributed by atoms with Crippen molar-refractivity contribution in [3.63, 3.8) is 0 Å². The quantitative estimate of drug-likeness (QED) is 0.820. The maximum absolute atomic E-state index is 12.4. The molecule has 1 aliphatic rings. The van der Waals surface area contributed by atoms with Crippen LogP contribution in [0.3, 0.4) is 0 Å². The first-order chi connectivity index (χ1) is 10.6. The number of rotatable bonds is 6. The fraction of sp³-hybridized carbons (Fsp3) is 0.588. The number of amides is 1. The van der Waals surface area contributed by atoms with Crippen LogP contribution in [0.2, 0.25) is 0 Å². The van der Waals surface area contributed by atoms with Gasteiger partial charge in [-0.3, -0.25) is 4.79 Å². The number of carbonyl (C=O) groups excluding carboxylic acids is 1. The maximum atomic E-state index is 12.4. The smallest absolute Gasteiger partial charge is 0.241 e. The number of ether oxygens (including phenoxy) is 1. The van der Waals surface area contributed by atoms with E-state index in [-0.39, 0.29) is 12.0 Å². The molecule has 0 spiro atoms. The van der Waals surface area contributed by atoms with Crippen LogP contribution in [0, 0.1) is 0 Å². The Morgan fingerprint density at radius 2 is 2.23 bits per heavy atom. The summed E-state index contributed by atoms with van der Waals surface area (Å²) in [7, 11) is 1.87. The summed E-state index contributed by atoms with van der Waals surface area (Å²) in [5.41, 5.74) is 7.62. The van der Waals surface area contributed by atoms with Crippen molar-refractivity contribution in [3.05, 3.63) is 18.2 Å². The Morgan fingerprint density at radius 3 is 2.91 bits per heavy atom. The number of anilines is 2. The number of nitrogen functional groups attached to an aromatic ring is 1. The third-order valence-corrected chi connectivity index (χ3v) is 4.12. The lowest BCUT2D eigenvalue weighted by molar-refractivity contribution is -0.128. The van der Waals surface area contributed by atoms with E-state index in [0.717, 1.165) is 37.2 Å². The van der Waals surface area contributed by atoms with Crippen molar-refractivity contribution < 1.29 is 9.53 Å². The Balaban J connectivity index is 2.15. The van der Waals surface area contributed by atoms with Crippen LogP contribution in [0.4, 0.5) is 11.4 Å². The molecule has 1 atom stereocenters. The number of hydrogen-bond acceptors (Lipinski definition) is 4. The molecule has 0 saturated heterocycles. The van der Waals surface area contributed by atoms with Gasteiger partial charge in [-0.25, -0.2) is 0 Å². The number of nitrogens with two attached hydrogens (primary N) is 1. The predicted molar refractivity (Wildman–Crippen MR) is 90.3 cm³/mol. The second kappa shape index (κ2) is 7.38. The summed E-state index contributed by atoms with van der Waals surface area (Å²) in [6.07, 6.45) is 3.12. The SMILES string of the molecule is CCCCN(C)C(=O)CN1CC(CC)Oc2cccc(N)c21. The molecule has 0 fully saturated rings. The van der Waals surface area contributed by atoms with E-state index in [9.17, 15) is 4.79 Å². The van der Waals surface area contributed by atoms with Crippen LogP contribution in [0.5, 0.6) is 5.75 Å². The third kappa shape index (κ3) is 3.64. The average molecular weight is 305 g/mol. The zero-order valence-corrected chi connectivity index (χ0v) is 13.8. The Labute approximate surface area is 133 Å². The summed E-state index contributed by atoms with van der Waals surface area (Å²) in [5.74, 6) is 0.904. The number of hydrogen-bond donors (Lipinski definition) is 1. The Hall–Kier alpha value is -1.91. The lowest BCUT2D eigenvalue weighted by atomic mass is 10.1. The van der Waals surface area contributed by atoms with E-state index in [0.29, 0.717) is 18.8 Å². The van der Waals surface area contributed by atoms with Crippen molar-refractivity contribution >= 4 is 17.3 Å². The topological polar surface area (TPSA) is 58.8 Å². The number of likely N-dealkylation sites (N-methyl/N-ethyl adjacent to an activating group) is 1. The molecule has 1 aromatic carbocycles. The van der Waals surface area contributed by atoms with Crippen LogP contribution < -0.4 is 15.4 Å². The number of para-hydroxylation sites is 1. The second-order valence-corrected chi connectivity index (χ2v) is 5.89. The summed E-state index contributed by atoms with van der Waals surface area (Å²) in [4.78, 5) is 16.3. The van der Waals surface area contributed by atoms with Gasteiger partial charge in [-0.1, -0.05) is 26.3 Å². The van der Waals surface area contributed by atoms with Gasteiger partial charge in [0.25, 0.3) is 0 Å². The molecule has 1 heterocycles. The van der Waals surface area contributed by atoms with Crippen molar-refractivity contribution in [2.45, 2.75) is 39.2 Å². The molecule has 2 rings (SSSR count). The minimum Gasteiger partial charge on any atom is -0.486 e. The van der Waals surface area contributed by atoms with Crippen molar-refractivity contribution in [2.75, 3.05) is 37.3 Å². The predicted octanol–water partition coefficient (Wildman–Crippen LogP) is 2.50. The first-order valence-electron chi connectivity index (χ1n) is 8.10. The van der Waals surface area contributed by atoms with Gasteiger partial charge in [-0.2, -0.15) is 0 Å². The van der Waals surface area contributed by atoms with Gasteiger partial charge in [0, 0.05) is 13.6 Å². The van der Waals surface area contributed by atoms with Gasteiger partial charge in [0.1, 0.15) is 17.5 Å². The van der Waals surface area contributed by atoms with Gasteiger partial charge in [-0.05, 0) is 25.0 Å². The van der Waals surface area contributed by atoms with E-state index in [1.54, 1.807) is 4.90 Å². The summed E-state index contributed by atoms with van der Waals surface area (Å²) in [6.45, 7) is 6.07. The molecule has 5 nitrogen and oxygen atoms in total. The van der Waals surface area contributed by atoms with Crippen LogP contribution >= 0.6 is 0 Å². The molecule has 122 valence electrons. The molecule has 0 saturated carbocycles. The Kier molecular flexibility index (Phi) is 5.52. The largest absolute Gasteiger partial charge is 0.486 e. The van der Waals surface area contributed by atoms with Gasteiger partial charge in [-0.15, -0.1) is 0 Å². The lowest BCUT2D eigenvalue weighted by Gasteiger charge is -2.37. The lowest BCUT2D eigenvalue weighted by Crippen LogP contribution is -2.46. The van der Waals surface area contributed by atoms with Gasteiger partial charge >= 0.3 is 0 Å². The van der Waals surface area contributed by atoms with Gasteiger partial charge < -0.3 is 20.3 Å². The molecule has 1 aromatic rings. The van der Waals surface area contributed by atoms with Crippen LogP contribution in [-0.4, -0.2) is 43.6 Å². The minimum atomic E-state index is 0.100. The van der Waals surface area contributed by atoms with Gasteiger partial charge in [0.15, 0.2) is 0 Å². The number of carbonyl (C=O) groups is 1.